The molecule has 0 aromatic heterocycles. The van der Waals surface area contributed by atoms with Crippen LogP contribution in [0.25, 0.3) is 0 Å². The summed E-state index contributed by atoms with van der Waals surface area (Å²) in [5, 5.41) is 0. The number of hydrogen-bond donors (Lipinski definition) is 0. The van der Waals surface area contributed by atoms with Crippen LogP contribution < -0.4 is 0 Å². The molecular formula is C10H16O3. The average Bonchev–Trinajstić information content (AvgIpc) is 2.73. The smallest absolute Gasteiger partial charge is 0.169 e. The van der Waals surface area contributed by atoms with Crippen molar-refractivity contribution in [1.29, 1.82) is 0 Å². The minimum atomic E-state index is -0.502. The Labute approximate surface area is 78.4 Å². The summed E-state index contributed by atoms with van der Waals surface area (Å²) in [4.78, 5) is 12.0. The summed E-state index contributed by atoms with van der Waals surface area (Å²) >= 11 is 0. The quantitative estimate of drug-likeness (QED) is 0.646. The third-order valence-electron chi connectivity index (χ3n) is 3.04. The number of ether oxygens (including phenoxy) is 2. The third-order valence-corrected chi connectivity index (χ3v) is 3.04. The van der Waals surface area contributed by atoms with Crippen LogP contribution in [-0.4, -0.2) is 31.2 Å². The van der Waals surface area contributed by atoms with Gasteiger partial charge in [0.1, 0.15) is 5.60 Å². The zero-order valence-electron chi connectivity index (χ0n) is 8.04. The van der Waals surface area contributed by atoms with Crippen LogP contribution in [0.1, 0.15) is 26.2 Å². The van der Waals surface area contributed by atoms with Gasteiger partial charge in [0, 0.05) is 19.1 Å². The van der Waals surface area contributed by atoms with Crippen molar-refractivity contribution >= 4 is 5.78 Å². The van der Waals surface area contributed by atoms with Gasteiger partial charge in [0.15, 0.2) is 5.78 Å². The van der Waals surface area contributed by atoms with Crippen molar-refractivity contribution < 1.29 is 14.3 Å². The van der Waals surface area contributed by atoms with Crippen LogP contribution in [0, 0.1) is 5.92 Å². The van der Waals surface area contributed by atoms with E-state index in [-0.39, 0.29) is 11.7 Å². The topological polar surface area (TPSA) is 35.5 Å². The highest BCUT2D eigenvalue weighted by atomic mass is 16.5. The largest absolute Gasteiger partial charge is 0.381 e. The number of hydrogen-bond acceptors (Lipinski definition) is 3. The normalized spacial score (nSPS) is 39.6. The minimum absolute atomic E-state index is 0.0862. The predicted octanol–water partition coefficient (Wildman–Crippen LogP) is 1.16. The molecule has 2 aliphatic heterocycles. The fraction of sp³-hybridized carbons (Fsp3) is 0.900. The molecule has 0 aromatic carbocycles. The lowest BCUT2D eigenvalue weighted by Crippen LogP contribution is -2.39. The van der Waals surface area contributed by atoms with Gasteiger partial charge in [0.25, 0.3) is 0 Å². The molecular weight excluding hydrogens is 168 g/mol. The van der Waals surface area contributed by atoms with E-state index in [2.05, 4.69) is 0 Å². The standard InChI is InChI=1S/C10H16O3/c1-10(4-2-5-13-10)9(11)8-3-6-12-7-8/h8H,2-7H2,1H3. The second-order valence-electron chi connectivity index (χ2n) is 4.11. The molecule has 0 aliphatic carbocycles. The number of ketones is 1. The highest BCUT2D eigenvalue weighted by Gasteiger charge is 2.42. The molecule has 0 amide bonds. The van der Waals surface area contributed by atoms with Gasteiger partial charge in [-0.05, 0) is 26.2 Å². The van der Waals surface area contributed by atoms with E-state index in [0.29, 0.717) is 6.61 Å². The third kappa shape index (κ3) is 1.63. The molecule has 0 saturated carbocycles. The van der Waals surface area contributed by atoms with Crippen LogP contribution in [-0.2, 0) is 14.3 Å². The lowest BCUT2D eigenvalue weighted by Gasteiger charge is -2.24. The van der Waals surface area contributed by atoms with Gasteiger partial charge >= 0.3 is 0 Å². The van der Waals surface area contributed by atoms with Crippen molar-refractivity contribution in [2.75, 3.05) is 19.8 Å². The fourth-order valence-corrected chi connectivity index (χ4v) is 2.15. The summed E-state index contributed by atoms with van der Waals surface area (Å²) in [6.45, 7) is 3.97. The van der Waals surface area contributed by atoms with E-state index in [9.17, 15) is 4.79 Å². The molecule has 3 nitrogen and oxygen atoms in total. The molecule has 0 radical (unpaired) electrons. The molecule has 74 valence electrons. The number of Topliss-reactive ketones (excluding diaryl/α,β-unsaturated/α-hetero) is 1. The van der Waals surface area contributed by atoms with Gasteiger partial charge in [-0.1, -0.05) is 0 Å². The fourth-order valence-electron chi connectivity index (χ4n) is 2.15. The van der Waals surface area contributed by atoms with Gasteiger partial charge in [-0.3, -0.25) is 4.79 Å². The van der Waals surface area contributed by atoms with Gasteiger partial charge in [-0.25, -0.2) is 0 Å². The molecule has 0 spiro atoms. The van der Waals surface area contributed by atoms with Crippen molar-refractivity contribution in [1.82, 2.24) is 0 Å². The lowest BCUT2D eigenvalue weighted by atomic mass is 9.88. The van der Waals surface area contributed by atoms with Crippen molar-refractivity contribution in [2.45, 2.75) is 31.8 Å². The van der Waals surface area contributed by atoms with Gasteiger partial charge in [-0.2, -0.15) is 0 Å². The number of carbonyl (C=O) groups is 1. The van der Waals surface area contributed by atoms with Crippen LogP contribution in [0.5, 0.6) is 0 Å². The van der Waals surface area contributed by atoms with Crippen LogP contribution in [0.4, 0.5) is 0 Å². The number of carbonyl (C=O) groups excluding carboxylic acids is 1. The summed E-state index contributed by atoms with van der Waals surface area (Å²) in [6.07, 6.45) is 2.76. The molecule has 0 aromatic rings. The van der Waals surface area contributed by atoms with E-state index >= 15 is 0 Å². The molecule has 0 N–H and O–H groups in total. The monoisotopic (exact) mass is 184 g/mol. The molecule has 2 heterocycles. The summed E-state index contributed by atoms with van der Waals surface area (Å²) in [5.74, 6) is 0.339. The van der Waals surface area contributed by atoms with E-state index in [4.69, 9.17) is 9.47 Å². The van der Waals surface area contributed by atoms with E-state index in [1.165, 1.54) is 0 Å². The van der Waals surface area contributed by atoms with E-state index in [1.54, 1.807) is 0 Å². The first-order valence-electron chi connectivity index (χ1n) is 4.98. The van der Waals surface area contributed by atoms with E-state index < -0.39 is 5.60 Å². The van der Waals surface area contributed by atoms with Gasteiger partial charge in [0.2, 0.25) is 0 Å². The molecule has 2 unspecified atom stereocenters. The van der Waals surface area contributed by atoms with Crippen LogP contribution in [0.15, 0.2) is 0 Å². The first-order valence-corrected chi connectivity index (χ1v) is 4.98. The molecule has 3 heteroatoms. The van der Waals surface area contributed by atoms with Crippen molar-refractivity contribution in [2.24, 2.45) is 5.92 Å². The summed E-state index contributed by atoms with van der Waals surface area (Å²) in [7, 11) is 0. The van der Waals surface area contributed by atoms with Crippen LogP contribution in [0.3, 0.4) is 0 Å². The summed E-state index contributed by atoms with van der Waals surface area (Å²) in [5.41, 5.74) is -0.502. The Hall–Kier alpha value is -0.410. The molecule has 2 fully saturated rings. The maximum Gasteiger partial charge on any atom is 0.169 e. The van der Waals surface area contributed by atoms with E-state index in [0.717, 1.165) is 32.5 Å². The molecule has 2 aliphatic rings. The van der Waals surface area contributed by atoms with Crippen molar-refractivity contribution in [3.8, 4) is 0 Å². The molecule has 13 heavy (non-hydrogen) atoms. The first-order chi connectivity index (χ1) is 6.22. The summed E-state index contributed by atoms with van der Waals surface area (Å²) < 4.78 is 10.7. The van der Waals surface area contributed by atoms with E-state index in [1.807, 2.05) is 6.92 Å². The van der Waals surface area contributed by atoms with Crippen LogP contribution in [0.2, 0.25) is 0 Å². The Morgan fingerprint density at radius 2 is 2.31 bits per heavy atom. The minimum Gasteiger partial charge on any atom is -0.381 e. The average molecular weight is 184 g/mol. The highest BCUT2D eigenvalue weighted by Crippen LogP contribution is 2.31. The predicted molar refractivity (Wildman–Crippen MR) is 47.5 cm³/mol. The SMILES string of the molecule is CC1(C(=O)C2CCOC2)CCCO1. The maximum absolute atomic E-state index is 12.0. The zero-order chi connectivity index (χ0) is 9.31. The molecule has 2 saturated heterocycles. The molecule has 2 atom stereocenters. The Morgan fingerprint density at radius 1 is 1.46 bits per heavy atom. The van der Waals surface area contributed by atoms with Crippen molar-refractivity contribution in [3.05, 3.63) is 0 Å². The Bertz CT molecular complexity index is 200. The van der Waals surface area contributed by atoms with Crippen molar-refractivity contribution in [3.63, 3.8) is 0 Å². The Balaban J connectivity index is 2.02. The molecule has 2 rings (SSSR count). The van der Waals surface area contributed by atoms with Gasteiger partial charge in [0.05, 0.1) is 6.61 Å². The second-order valence-corrected chi connectivity index (χ2v) is 4.11. The lowest BCUT2D eigenvalue weighted by molar-refractivity contribution is -0.141. The highest BCUT2D eigenvalue weighted by molar-refractivity contribution is 5.89. The van der Waals surface area contributed by atoms with Gasteiger partial charge < -0.3 is 9.47 Å². The maximum atomic E-state index is 12.0. The molecule has 0 bridgehead atoms. The zero-order valence-corrected chi connectivity index (χ0v) is 8.04. The Morgan fingerprint density at radius 3 is 2.85 bits per heavy atom. The Kier molecular flexibility index (Phi) is 2.39. The first kappa shape index (κ1) is 9.16. The van der Waals surface area contributed by atoms with Gasteiger partial charge in [-0.15, -0.1) is 0 Å². The summed E-state index contributed by atoms with van der Waals surface area (Å²) in [6, 6.07) is 0. The van der Waals surface area contributed by atoms with Crippen LogP contribution >= 0.6 is 0 Å². The second kappa shape index (κ2) is 3.39. The number of rotatable bonds is 2.